The summed E-state index contributed by atoms with van der Waals surface area (Å²) >= 11 is 1.70. The molecule has 21 heavy (non-hydrogen) atoms. The molecule has 0 atom stereocenters. The van der Waals surface area contributed by atoms with Gasteiger partial charge in [0.1, 0.15) is 0 Å². The van der Waals surface area contributed by atoms with Gasteiger partial charge >= 0.3 is 5.97 Å². The van der Waals surface area contributed by atoms with Crippen LogP contribution < -0.4 is 5.32 Å². The summed E-state index contributed by atoms with van der Waals surface area (Å²) in [5, 5.41) is 3.54. The van der Waals surface area contributed by atoms with E-state index in [-0.39, 0.29) is 5.97 Å². The molecule has 0 unspecified atom stereocenters. The van der Waals surface area contributed by atoms with Crippen molar-refractivity contribution in [3.05, 3.63) is 21.9 Å². The SMILES string of the molecule is COC(=O)Cc1ccc(CNCCC2CCC(C)CC2)s1. The molecular weight excluding hydrogens is 282 g/mol. The van der Waals surface area contributed by atoms with E-state index in [1.54, 1.807) is 11.3 Å². The van der Waals surface area contributed by atoms with Gasteiger partial charge < -0.3 is 10.1 Å². The molecule has 1 aliphatic carbocycles. The van der Waals surface area contributed by atoms with E-state index in [0.29, 0.717) is 6.42 Å². The molecule has 1 N–H and O–H groups in total. The highest BCUT2D eigenvalue weighted by atomic mass is 32.1. The number of carbonyl (C=O) groups is 1. The van der Waals surface area contributed by atoms with Crippen molar-refractivity contribution < 1.29 is 9.53 Å². The summed E-state index contributed by atoms with van der Waals surface area (Å²) in [5.74, 6) is 1.70. The molecular formula is C17H27NO2S. The van der Waals surface area contributed by atoms with Crippen LogP contribution in [-0.2, 0) is 22.5 Å². The fraction of sp³-hybridized carbons (Fsp3) is 0.706. The van der Waals surface area contributed by atoms with Gasteiger partial charge in [-0.3, -0.25) is 4.79 Å². The van der Waals surface area contributed by atoms with Gasteiger partial charge in [0.2, 0.25) is 0 Å². The highest BCUT2D eigenvalue weighted by Gasteiger charge is 2.17. The first-order valence-electron chi connectivity index (χ1n) is 8.02. The predicted molar refractivity (Wildman–Crippen MR) is 87.5 cm³/mol. The Morgan fingerprint density at radius 1 is 1.29 bits per heavy atom. The Morgan fingerprint density at radius 3 is 2.71 bits per heavy atom. The monoisotopic (exact) mass is 309 g/mol. The van der Waals surface area contributed by atoms with E-state index in [1.165, 1.54) is 44.1 Å². The Kier molecular flexibility index (Phi) is 6.71. The van der Waals surface area contributed by atoms with Crippen LogP contribution in [0.3, 0.4) is 0 Å². The number of ether oxygens (including phenoxy) is 1. The summed E-state index contributed by atoms with van der Waals surface area (Å²) < 4.78 is 4.69. The average molecular weight is 309 g/mol. The number of esters is 1. The number of rotatable bonds is 7. The Labute approximate surface area is 132 Å². The molecule has 4 heteroatoms. The molecule has 1 aromatic rings. The number of hydrogen-bond acceptors (Lipinski definition) is 4. The van der Waals surface area contributed by atoms with Gasteiger partial charge in [-0.25, -0.2) is 0 Å². The lowest BCUT2D eigenvalue weighted by molar-refractivity contribution is -0.139. The van der Waals surface area contributed by atoms with Crippen molar-refractivity contribution in [1.29, 1.82) is 0 Å². The number of thiophene rings is 1. The van der Waals surface area contributed by atoms with E-state index in [4.69, 9.17) is 0 Å². The minimum atomic E-state index is -0.164. The molecule has 0 amide bonds. The van der Waals surface area contributed by atoms with E-state index < -0.39 is 0 Å². The maximum atomic E-state index is 11.2. The number of carbonyl (C=O) groups excluding carboxylic acids is 1. The molecule has 0 saturated heterocycles. The molecule has 2 rings (SSSR count). The molecule has 118 valence electrons. The van der Waals surface area contributed by atoms with Crippen LogP contribution in [0.25, 0.3) is 0 Å². The summed E-state index contributed by atoms with van der Waals surface area (Å²) in [7, 11) is 1.43. The smallest absolute Gasteiger partial charge is 0.310 e. The lowest BCUT2D eigenvalue weighted by Crippen LogP contribution is -2.20. The maximum absolute atomic E-state index is 11.2. The first-order chi connectivity index (χ1) is 10.2. The lowest BCUT2D eigenvalue weighted by atomic mass is 9.81. The van der Waals surface area contributed by atoms with Crippen LogP contribution >= 0.6 is 11.3 Å². The summed E-state index contributed by atoms with van der Waals surface area (Å²) in [5.41, 5.74) is 0. The third-order valence-corrected chi connectivity index (χ3v) is 5.51. The molecule has 1 heterocycles. The first kappa shape index (κ1) is 16.5. The summed E-state index contributed by atoms with van der Waals surface area (Å²) in [4.78, 5) is 13.6. The van der Waals surface area contributed by atoms with Gasteiger partial charge in [-0.15, -0.1) is 11.3 Å². The second-order valence-corrected chi connectivity index (χ2v) is 7.47. The van der Waals surface area contributed by atoms with E-state index in [1.807, 2.05) is 6.07 Å². The minimum Gasteiger partial charge on any atom is -0.469 e. The van der Waals surface area contributed by atoms with Crippen molar-refractivity contribution in [2.75, 3.05) is 13.7 Å². The normalized spacial score (nSPS) is 22.2. The predicted octanol–water partition coefficient (Wildman–Crippen LogP) is 3.77. The van der Waals surface area contributed by atoms with Gasteiger partial charge in [-0.05, 0) is 36.9 Å². The molecule has 1 aromatic heterocycles. The molecule has 1 fully saturated rings. The van der Waals surface area contributed by atoms with Gasteiger partial charge in [0, 0.05) is 16.3 Å². The van der Waals surface area contributed by atoms with Crippen molar-refractivity contribution >= 4 is 17.3 Å². The molecule has 1 aliphatic rings. The van der Waals surface area contributed by atoms with Gasteiger partial charge in [-0.2, -0.15) is 0 Å². The average Bonchev–Trinajstić information content (AvgIpc) is 2.93. The molecule has 1 saturated carbocycles. The van der Waals surface area contributed by atoms with E-state index in [9.17, 15) is 4.79 Å². The summed E-state index contributed by atoms with van der Waals surface area (Å²) in [6, 6.07) is 4.14. The fourth-order valence-corrected chi connectivity index (χ4v) is 3.94. The van der Waals surface area contributed by atoms with Gasteiger partial charge in [0.05, 0.1) is 13.5 Å². The van der Waals surface area contributed by atoms with Crippen molar-refractivity contribution in [3.8, 4) is 0 Å². The molecule has 0 aromatic carbocycles. The Hall–Kier alpha value is -0.870. The molecule has 0 aliphatic heterocycles. The third kappa shape index (κ3) is 5.79. The third-order valence-electron chi connectivity index (χ3n) is 4.43. The minimum absolute atomic E-state index is 0.164. The fourth-order valence-electron chi connectivity index (χ4n) is 2.96. The quantitative estimate of drug-likeness (QED) is 0.615. The second-order valence-electron chi connectivity index (χ2n) is 6.21. The van der Waals surface area contributed by atoms with Gasteiger partial charge in [0.15, 0.2) is 0 Å². The van der Waals surface area contributed by atoms with E-state index >= 15 is 0 Å². The Balaban J connectivity index is 1.61. The van der Waals surface area contributed by atoms with Gasteiger partial charge in [-0.1, -0.05) is 32.6 Å². The van der Waals surface area contributed by atoms with Crippen LogP contribution in [-0.4, -0.2) is 19.6 Å². The Bertz CT molecular complexity index is 436. The van der Waals surface area contributed by atoms with Crippen LogP contribution in [0.15, 0.2) is 12.1 Å². The zero-order chi connectivity index (χ0) is 15.1. The molecule has 0 spiro atoms. The van der Waals surface area contributed by atoms with Crippen molar-refractivity contribution in [2.24, 2.45) is 11.8 Å². The highest BCUT2D eigenvalue weighted by molar-refractivity contribution is 7.12. The highest BCUT2D eigenvalue weighted by Crippen LogP contribution is 2.30. The van der Waals surface area contributed by atoms with Crippen LogP contribution in [0.2, 0.25) is 0 Å². The second kappa shape index (κ2) is 8.54. The zero-order valence-corrected chi connectivity index (χ0v) is 14.0. The van der Waals surface area contributed by atoms with Crippen molar-refractivity contribution in [3.63, 3.8) is 0 Å². The lowest BCUT2D eigenvalue weighted by Gasteiger charge is -2.26. The topological polar surface area (TPSA) is 38.3 Å². The van der Waals surface area contributed by atoms with Crippen LogP contribution in [0.1, 0.15) is 48.8 Å². The standard InChI is InChI=1S/C17H27NO2S/c1-13-3-5-14(6-4-13)9-10-18-12-16-8-7-15(21-16)11-17(19)20-2/h7-8,13-14,18H,3-6,9-12H2,1-2H3. The van der Waals surface area contributed by atoms with Crippen LogP contribution in [0, 0.1) is 11.8 Å². The molecule has 0 bridgehead atoms. The Morgan fingerprint density at radius 2 is 2.00 bits per heavy atom. The summed E-state index contributed by atoms with van der Waals surface area (Å²) in [6.45, 7) is 4.38. The van der Waals surface area contributed by atoms with Crippen molar-refractivity contribution in [2.45, 2.75) is 52.0 Å². The van der Waals surface area contributed by atoms with Gasteiger partial charge in [0.25, 0.3) is 0 Å². The largest absolute Gasteiger partial charge is 0.469 e. The van der Waals surface area contributed by atoms with E-state index in [0.717, 1.165) is 29.8 Å². The van der Waals surface area contributed by atoms with Crippen LogP contribution in [0.4, 0.5) is 0 Å². The zero-order valence-electron chi connectivity index (χ0n) is 13.2. The summed E-state index contributed by atoms with van der Waals surface area (Å²) in [6.07, 6.45) is 7.32. The van der Waals surface area contributed by atoms with Crippen LogP contribution in [0.5, 0.6) is 0 Å². The number of hydrogen-bond donors (Lipinski definition) is 1. The molecule has 3 nitrogen and oxygen atoms in total. The van der Waals surface area contributed by atoms with Crippen molar-refractivity contribution in [1.82, 2.24) is 5.32 Å². The number of nitrogens with one attached hydrogen (secondary N) is 1. The van der Waals surface area contributed by atoms with E-state index in [2.05, 4.69) is 23.0 Å². The number of methoxy groups -OCH3 is 1. The maximum Gasteiger partial charge on any atom is 0.310 e. The molecule has 0 radical (unpaired) electrons. The first-order valence-corrected chi connectivity index (χ1v) is 8.84.